The van der Waals surface area contributed by atoms with Gasteiger partial charge < -0.3 is 22.6 Å². The number of nitrogens with zero attached hydrogens (tertiary/aromatic N) is 2. The van der Waals surface area contributed by atoms with Crippen LogP contribution in [0.1, 0.15) is 36.1 Å². The molecule has 5 nitrogen and oxygen atoms in total. The molecule has 0 saturated carbocycles. The number of aromatic nitrogens is 2. The number of benzene rings is 1. The number of halogens is 2. The normalized spacial score (nSPS) is 12.0. The molecule has 0 fully saturated rings. The van der Waals surface area contributed by atoms with Gasteiger partial charge in [0.1, 0.15) is 0 Å². The summed E-state index contributed by atoms with van der Waals surface area (Å²) in [6, 6.07) is 6.47. The molecular formula is C14H16Cl2N3O2S-. The fourth-order valence-electron chi connectivity index (χ4n) is 1.54. The van der Waals surface area contributed by atoms with Crippen molar-refractivity contribution < 1.29 is 21.6 Å². The number of ketones is 1. The predicted octanol–water partition coefficient (Wildman–Crippen LogP) is 0.358. The van der Waals surface area contributed by atoms with E-state index in [-0.39, 0.29) is 35.9 Å². The van der Waals surface area contributed by atoms with E-state index >= 15 is 0 Å². The van der Waals surface area contributed by atoms with E-state index in [1.54, 1.807) is 24.3 Å². The Kier molecular flexibility index (Phi) is 7.35. The molecule has 22 heavy (non-hydrogen) atoms. The molecule has 2 aromatic rings. The van der Waals surface area contributed by atoms with Gasteiger partial charge >= 0.3 is 0 Å². The van der Waals surface area contributed by atoms with Gasteiger partial charge in [0.25, 0.3) is 5.22 Å². The van der Waals surface area contributed by atoms with Gasteiger partial charge in [0.15, 0.2) is 5.78 Å². The molecule has 0 aliphatic heterocycles. The summed E-state index contributed by atoms with van der Waals surface area (Å²) in [7, 11) is 0. The number of hydrogen-bond donors (Lipinski definition) is 1. The average Bonchev–Trinajstić information content (AvgIpc) is 2.93. The van der Waals surface area contributed by atoms with E-state index in [9.17, 15) is 4.79 Å². The molecular weight excluding hydrogens is 345 g/mol. The van der Waals surface area contributed by atoms with Gasteiger partial charge in [0.2, 0.25) is 5.89 Å². The van der Waals surface area contributed by atoms with E-state index in [0.29, 0.717) is 21.7 Å². The topological polar surface area (TPSA) is 82.0 Å². The lowest BCUT2D eigenvalue weighted by atomic mass is 10.1. The van der Waals surface area contributed by atoms with Crippen LogP contribution in [0.5, 0.6) is 0 Å². The van der Waals surface area contributed by atoms with Crippen molar-refractivity contribution in [2.75, 3.05) is 5.75 Å². The molecule has 0 bridgehead atoms. The smallest absolute Gasteiger partial charge is 0.277 e. The van der Waals surface area contributed by atoms with E-state index in [1.807, 2.05) is 13.8 Å². The van der Waals surface area contributed by atoms with E-state index < -0.39 is 0 Å². The molecule has 2 rings (SSSR count). The van der Waals surface area contributed by atoms with Crippen molar-refractivity contribution in [3.63, 3.8) is 0 Å². The lowest BCUT2D eigenvalue weighted by molar-refractivity contribution is -0.0000128. The molecule has 1 atom stereocenters. The van der Waals surface area contributed by atoms with Crippen molar-refractivity contribution in [2.45, 2.75) is 25.1 Å². The molecule has 0 amide bonds. The first-order chi connectivity index (χ1) is 9.97. The Balaban J connectivity index is 0.00000242. The molecule has 0 aliphatic rings. The molecule has 8 heteroatoms. The van der Waals surface area contributed by atoms with Crippen LogP contribution in [-0.2, 0) is 0 Å². The van der Waals surface area contributed by atoms with E-state index in [4.69, 9.17) is 21.8 Å². The van der Waals surface area contributed by atoms with Crippen LogP contribution >= 0.6 is 23.4 Å². The zero-order chi connectivity index (χ0) is 15.4. The standard InChI is InChI=1S/C14H16ClN3O2S.ClH/c1-8(2)12(16)13-17-18-14(20-13)21-7-11(19)9-3-5-10(15)6-4-9;/h3-6,8,12H,7,16H2,1-2H3;1H/p-1/t12-;/m0./s1. The molecule has 2 N–H and O–H groups in total. The second kappa shape index (κ2) is 8.53. The summed E-state index contributed by atoms with van der Waals surface area (Å²) in [6.45, 7) is 3.96. The first-order valence-electron chi connectivity index (χ1n) is 6.48. The summed E-state index contributed by atoms with van der Waals surface area (Å²) in [5.74, 6) is 0.801. The van der Waals surface area contributed by atoms with Crippen molar-refractivity contribution in [1.82, 2.24) is 10.2 Å². The third-order valence-corrected chi connectivity index (χ3v) is 3.99. The van der Waals surface area contributed by atoms with Crippen LogP contribution in [0.15, 0.2) is 33.9 Å². The molecule has 0 aliphatic carbocycles. The number of rotatable bonds is 6. The van der Waals surface area contributed by atoms with E-state index in [2.05, 4.69) is 10.2 Å². The van der Waals surface area contributed by atoms with Gasteiger partial charge in [-0.05, 0) is 30.2 Å². The number of Topliss-reactive ketones (excluding diaryl/α,β-unsaturated/α-hetero) is 1. The number of carbonyl (C=O) groups is 1. The Hall–Kier alpha value is -1.08. The van der Waals surface area contributed by atoms with Crippen LogP contribution in [-0.4, -0.2) is 21.7 Å². The first kappa shape index (κ1) is 19.0. The van der Waals surface area contributed by atoms with Gasteiger partial charge in [-0.15, -0.1) is 10.2 Å². The van der Waals surface area contributed by atoms with Crippen molar-refractivity contribution in [3.8, 4) is 0 Å². The van der Waals surface area contributed by atoms with Crippen molar-refractivity contribution >= 4 is 29.1 Å². The maximum Gasteiger partial charge on any atom is 0.277 e. The molecule has 0 spiro atoms. The Morgan fingerprint density at radius 2 is 1.95 bits per heavy atom. The summed E-state index contributed by atoms with van der Waals surface area (Å²) in [5, 5.41) is 8.75. The van der Waals surface area contributed by atoms with Crippen molar-refractivity contribution in [3.05, 3.63) is 40.7 Å². The fourth-order valence-corrected chi connectivity index (χ4v) is 2.34. The van der Waals surface area contributed by atoms with Crippen LogP contribution < -0.4 is 18.1 Å². The Morgan fingerprint density at radius 1 is 1.32 bits per heavy atom. The number of thioether (sulfide) groups is 1. The molecule has 120 valence electrons. The van der Waals surface area contributed by atoms with Crippen molar-refractivity contribution in [1.29, 1.82) is 0 Å². The summed E-state index contributed by atoms with van der Waals surface area (Å²) < 4.78 is 5.45. The number of hydrogen-bond acceptors (Lipinski definition) is 6. The summed E-state index contributed by atoms with van der Waals surface area (Å²) in [5.41, 5.74) is 6.53. The largest absolute Gasteiger partial charge is 1.00 e. The summed E-state index contributed by atoms with van der Waals surface area (Å²) >= 11 is 6.98. The summed E-state index contributed by atoms with van der Waals surface area (Å²) in [6.07, 6.45) is 0. The summed E-state index contributed by atoms with van der Waals surface area (Å²) in [4.78, 5) is 12.0. The SMILES string of the molecule is CC(C)[C@H](N)c1nnc(SCC(=O)c2ccc(Cl)cc2)o1.[Cl-]. The Bertz CT molecular complexity index is 617. The third kappa shape index (κ3) is 4.98. The molecule has 1 aromatic heterocycles. The van der Waals surface area contributed by atoms with Crippen LogP contribution in [0, 0.1) is 5.92 Å². The van der Waals surface area contributed by atoms with Crippen LogP contribution in [0.4, 0.5) is 0 Å². The highest BCUT2D eigenvalue weighted by Crippen LogP contribution is 2.23. The minimum Gasteiger partial charge on any atom is -1.00 e. The number of carbonyl (C=O) groups excluding carboxylic acids is 1. The highest BCUT2D eigenvalue weighted by atomic mass is 35.5. The maximum atomic E-state index is 12.0. The van der Waals surface area contributed by atoms with Gasteiger partial charge in [-0.1, -0.05) is 37.2 Å². The van der Waals surface area contributed by atoms with Crippen LogP contribution in [0.3, 0.4) is 0 Å². The highest BCUT2D eigenvalue weighted by Gasteiger charge is 2.18. The molecule has 0 saturated heterocycles. The van der Waals surface area contributed by atoms with Gasteiger partial charge in [0.05, 0.1) is 11.8 Å². The fraction of sp³-hybridized carbons (Fsp3) is 0.357. The van der Waals surface area contributed by atoms with E-state index in [0.717, 1.165) is 0 Å². The third-order valence-electron chi connectivity index (χ3n) is 2.92. The van der Waals surface area contributed by atoms with Gasteiger partial charge in [0, 0.05) is 10.6 Å². The average molecular weight is 361 g/mol. The quantitative estimate of drug-likeness (QED) is 0.591. The lowest BCUT2D eigenvalue weighted by Gasteiger charge is -2.09. The molecule has 0 radical (unpaired) electrons. The first-order valence-corrected chi connectivity index (χ1v) is 7.84. The van der Waals surface area contributed by atoms with Gasteiger partial charge in [-0.25, -0.2) is 0 Å². The second-order valence-electron chi connectivity index (χ2n) is 4.89. The van der Waals surface area contributed by atoms with Gasteiger partial charge in [-0.2, -0.15) is 0 Å². The van der Waals surface area contributed by atoms with Gasteiger partial charge in [-0.3, -0.25) is 4.79 Å². The molecule has 0 unspecified atom stereocenters. The molecule has 1 heterocycles. The van der Waals surface area contributed by atoms with E-state index in [1.165, 1.54) is 11.8 Å². The number of nitrogens with two attached hydrogens (primary N) is 1. The lowest BCUT2D eigenvalue weighted by Crippen LogP contribution is -3.00. The monoisotopic (exact) mass is 360 g/mol. The molecule has 1 aromatic carbocycles. The van der Waals surface area contributed by atoms with Crippen molar-refractivity contribution in [2.24, 2.45) is 11.7 Å². The zero-order valence-electron chi connectivity index (χ0n) is 12.1. The Morgan fingerprint density at radius 3 is 2.55 bits per heavy atom. The van der Waals surface area contributed by atoms with Crippen LogP contribution in [0.2, 0.25) is 5.02 Å². The predicted molar refractivity (Wildman–Crippen MR) is 82.6 cm³/mol. The van der Waals surface area contributed by atoms with Crippen LogP contribution in [0.25, 0.3) is 0 Å². The minimum atomic E-state index is -0.293. The highest BCUT2D eigenvalue weighted by molar-refractivity contribution is 7.99. The second-order valence-corrected chi connectivity index (χ2v) is 6.26. The zero-order valence-corrected chi connectivity index (χ0v) is 14.5. The maximum absolute atomic E-state index is 12.0. The Labute approximate surface area is 144 Å². The minimum absolute atomic E-state index is 0.